The number of ketones is 2. The van der Waals surface area contributed by atoms with E-state index >= 15 is 0 Å². The van der Waals surface area contributed by atoms with E-state index in [2.05, 4.69) is 13.8 Å². The number of carbonyl (C=O) groups excluding carboxylic acids is 2. The van der Waals surface area contributed by atoms with Crippen LogP contribution in [0.1, 0.15) is 64.2 Å². The summed E-state index contributed by atoms with van der Waals surface area (Å²) in [6, 6.07) is 0. The van der Waals surface area contributed by atoms with Crippen LogP contribution < -0.4 is 0 Å². The quantitative estimate of drug-likeness (QED) is 0.396. The standard InChI is InChI=1S/C14H24O2/c1-3-5-7-9-11-14(16)12-13(15)10-8-6-4-2/h1-12H2. The molecule has 0 aliphatic rings. The lowest BCUT2D eigenvalue weighted by molar-refractivity contribution is -0.127. The summed E-state index contributed by atoms with van der Waals surface area (Å²) < 4.78 is 0. The van der Waals surface area contributed by atoms with E-state index in [9.17, 15) is 9.59 Å². The maximum atomic E-state index is 11.4. The number of rotatable bonds is 11. The molecule has 0 fully saturated rings. The average Bonchev–Trinajstić information content (AvgIpc) is 2.25. The fourth-order valence-corrected chi connectivity index (χ4v) is 1.57. The average molecular weight is 224 g/mol. The molecule has 0 aliphatic carbocycles. The van der Waals surface area contributed by atoms with Crippen LogP contribution in [0.4, 0.5) is 0 Å². The first-order valence-electron chi connectivity index (χ1n) is 6.32. The fourth-order valence-electron chi connectivity index (χ4n) is 1.57. The van der Waals surface area contributed by atoms with Crippen LogP contribution in [0.5, 0.6) is 0 Å². The van der Waals surface area contributed by atoms with Crippen molar-refractivity contribution in [2.45, 2.75) is 64.2 Å². The van der Waals surface area contributed by atoms with Gasteiger partial charge in [-0.15, -0.1) is 0 Å². The highest BCUT2D eigenvalue weighted by Crippen LogP contribution is 2.07. The Bertz CT molecular complexity index is 197. The molecule has 2 heteroatoms. The Balaban J connectivity index is 3.43. The summed E-state index contributed by atoms with van der Waals surface area (Å²) in [5.74, 6) is 0.194. The minimum absolute atomic E-state index is 0.0932. The first-order chi connectivity index (χ1) is 7.70. The predicted molar refractivity (Wildman–Crippen MR) is 66.9 cm³/mol. The number of hydrogen-bond donors (Lipinski definition) is 0. The van der Waals surface area contributed by atoms with E-state index in [4.69, 9.17) is 0 Å². The van der Waals surface area contributed by atoms with Crippen LogP contribution in [0.15, 0.2) is 0 Å². The second-order valence-electron chi connectivity index (χ2n) is 4.23. The van der Waals surface area contributed by atoms with Gasteiger partial charge in [0.25, 0.3) is 0 Å². The Morgan fingerprint density at radius 2 is 1.12 bits per heavy atom. The van der Waals surface area contributed by atoms with Gasteiger partial charge in [0.05, 0.1) is 6.42 Å². The number of hydrogen-bond acceptors (Lipinski definition) is 2. The third-order valence-corrected chi connectivity index (χ3v) is 2.56. The second-order valence-corrected chi connectivity index (χ2v) is 4.23. The van der Waals surface area contributed by atoms with Crippen molar-refractivity contribution < 1.29 is 9.59 Å². The van der Waals surface area contributed by atoms with Crippen LogP contribution >= 0.6 is 0 Å². The van der Waals surface area contributed by atoms with Gasteiger partial charge in [-0.25, -0.2) is 0 Å². The van der Waals surface area contributed by atoms with Crippen LogP contribution in [0.3, 0.4) is 0 Å². The molecule has 0 saturated heterocycles. The molecule has 0 amide bonds. The van der Waals surface area contributed by atoms with Crippen molar-refractivity contribution in [3.05, 3.63) is 13.8 Å². The summed E-state index contributed by atoms with van der Waals surface area (Å²) in [6.45, 7) is 7.47. The molecule has 0 bridgehead atoms. The van der Waals surface area contributed by atoms with Crippen LogP contribution in [-0.2, 0) is 9.59 Å². The molecule has 2 nitrogen and oxygen atoms in total. The van der Waals surface area contributed by atoms with Crippen molar-refractivity contribution in [2.75, 3.05) is 0 Å². The zero-order valence-electron chi connectivity index (χ0n) is 10.3. The third-order valence-electron chi connectivity index (χ3n) is 2.56. The van der Waals surface area contributed by atoms with E-state index in [0.717, 1.165) is 44.9 Å². The smallest absolute Gasteiger partial charge is 0.140 e. The predicted octanol–water partition coefficient (Wildman–Crippen LogP) is 3.69. The first-order valence-corrected chi connectivity index (χ1v) is 6.32. The lowest BCUT2D eigenvalue weighted by Crippen LogP contribution is -2.07. The summed E-state index contributed by atoms with van der Waals surface area (Å²) in [7, 11) is 0. The number of Topliss-reactive ketones (excluding diaryl/α,β-unsaturated/α-hetero) is 2. The second kappa shape index (κ2) is 10.8. The molecule has 0 heterocycles. The van der Waals surface area contributed by atoms with Gasteiger partial charge in [-0.1, -0.05) is 46.0 Å². The monoisotopic (exact) mass is 224 g/mol. The van der Waals surface area contributed by atoms with Crippen LogP contribution in [-0.4, -0.2) is 11.6 Å². The molecule has 0 atom stereocenters. The highest BCUT2D eigenvalue weighted by molar-refractivity contribution is 5.98. The summed E-state index contributed by atoms with van der Waals surface area (Å²) in [5.41, 5.74) is 0. The van der Waals surface area contributed by atoms with E-state index in [1.54, 1.807) is 0 Å². The maximum Gasteiger partial charge on any atom is 0.140 e. The molecular formula is C14H24O2. The van der Waals surface area contributed by atoms with Gasteiger partial charge in [0, 0.05) is 12.8 Å². The Morgan fingerprint density at radius 3 is 1.62 bits per heavy atom. The maximum absolute atomic E-state index is 11.4. The fraction of sp³-hybridized carbons (Fsp3) is 0.714. The summed E-state index contributed by atoms with van der Waals surface area (Å²) in [5, 5.41) is 0. The molecule has 2 radical (unpaired) electrons. The SMILES string of the molecule is [CH2]CCCCCC(=O)CC(=O)CCCC[CH2]. The van der Waals surface area contributed by atoms with Gasteiger partial charge in [-0.3, -0.25) is 9.59 Å². The highest BCUT2D eigenvalue weighted by Gasteiger charge is 2.08. The van der Waals surface area contributed by atoms with E-state index in [1.807, 2.05) is 0 Å². The molecule has 0 spiro atoms. The normalized spacial score (nSPS) is 10.4. The van der Waals surface area contributed by atoms with Crippen molar-refractivity contribution >= 4 is 11.6 Å². The molecule has 0 aromatic rings. The minimum atomic E-state index is 0.0932. The Labute approximate surface area is 99.8 Å². The molecule has 92 valence electrons. The lowest BCUT2D eigenvalue weighted by Gasteiger charge is -2.01. The van der Waals surface area contributed by atoms with Crippen LogP contribution in [0.2, 0.25) is 0 Å². The van der Waals surface area contributed by atoms with E-state index < -0.39 is 0 Å². The van der Waals surface area contributed by atoms with Crippen molar-refractivity contribution in [1.82, 2.24) is 0 Å². The number of carbonyl (C=O) groups is 2. The molecule has 0 aromatic carbocycles. The molecule has 0 saturated carbocycles. The van der Waals surface area contributed by atoms with E-state index in [-0.39, 0.29) is 18.0 Å². The van der Waals surface area contributed by atoms with Crippen molar-refractivity contribution in [3.8, 4) is 0 Å². The molecule has 0 aliphatic heterocycles. The molecule has 0 N–H and O–H groups in total. The van der Waals surface area contributed by atoms with Crippen molar-refractivity contribution in [3.63, 3.8) is 0 Å². The van der Waals surface area contributed by atoms with Crippen LogP contribution in [0.25, 0.3) is 0 Å². The van der Waals surface area contributed by atoms with Gasteiger partial charge >= 0.3 is 0 Å². The first kappa shape index (κ1) is 15.3. The Morgan fingerprint density at radius 1 is 0.688 bits per heavy atom. The van der Waals surface area contributed by atoms with E-state index in [0.29, 0.717) is 12.8 Å². The zero-order valence-corrected chi connectivity index (χ0v) is 10.3. The van der Waals surface area contributed by atoms with Gasteiger partial charge in [0.15, 0.2) is 0 Å². The Hall–Kier alpha value is -0.660. The highest BCUT2D eigenvalue weighted by atomic mass is 16.1. The summed E-state index contributed by atoms with van der Waals surface area (Å²) >= 11 is 0. The van der Waals surface area contributed by atoms with E-state index in [1.165, 1.54) is 0 Å². The van der Waals surface area contributed by atoms with Gasteiger partial charge in [0.1, 0.15) is 11.6 Å². The zero-order chi connectivity index (χ0) is 12.2. The summed E-state index contributed by atoms with van der Waals surface area (Å²) in [4.78, 5) is 22.8. The minimum Gasteiger partial charge on any atom is -0.299 e. The topological polar surface area (TPSA) is 34.1 Å². The molecular weight excluding hydrogens is 200 g/mol. The van der Waals surface area contributed by atoms with Gasteiger partial charge in [0.2, 0.25) is 0 Å². The molecule has 16 heavy (non-hydrogen) atoms. The van der Waals surface area contributed by atoms with Crippen molar-refractivity contribution in [2.24, 2.45) is 0 Å². The largest absolute Gasteiger partial charge is 0.299 e. The molecule has 0 unspecified atom stereocenters. The van der Waals surface area contributed by atoms with Gasteiger partial charge in [-0.2, -0.15) is 0 Å². The summed E-state index contributed by atoms with van der Waals surface area (Å²) in [6.07, 6.45) is 7.91. The molecule has 0 aromatic heterocycles. The third kappa shape index (κ3) is 9.88. The molecule has 0 rings (SSSR count). The van der Waals surface area contributed by atoms with Crippen molar-refractivity contribution in [1.29, 1.82) is 0 Å². The van der Waals surface area contributed by atoms with Gasteiger partial charge in [-0.05, 0) is 12.8 Å². The Kier molecular flexibility index (Phi) is 10.4. The lowest BCUT2D eigenvalue weighted by atomic mass is 10.0. The van der Waals surface area contributed by atoms with Gasteiger partial charge < -0.3 is 0 Å². The number of unbranched alkanes of at least 4 members (excludes halogenated alkanes) is 5. The van der Waals surface area contributed by atoms with Crippen LogP contribution in [0, 0.1) is 13.8 Å².